The van der Waals surface area contributed by atoms with Crippen LogP contribution in [0.5, 0.6) is 0 Å². The number of rotatable bonds is 11. The quantitative estimate of drug-likeness (QED) is 0.136. The number of anilines is 2. The summed E-state index contributed by atoms with van der Waals surface area (Å²) in [7, 11) is -2.70. The summed E-state index contributed by atoms with van der Waals surface area (Å²) in [5.41, 5.74) is 9.34. The summed E-state index contributed by atoms with van der Waals surface area (Å²) in [6, 6.07) is 25.3. The van der Waals surface area contributed by atoms with E-state index >= 15 is 0 Å². The molecule has 9 nitrogen and oxygen atoms in total. The fraction of sp³-hybridized carbons (Fsp3) is 0.265. The van der Waals surface area contributed by atoms with E-state index in [-0.39, 0.29) is 36.0 Å². The molecule has 0 bridgehead atoms. The standard InChI is InChI=1S/C34H36N4O5S/c1-43-33(40)12-6-22-38(44(41,42)31-11-4-8-25-7-2-3-10-29(25)31)28-18-19-30-27(23-28)9-5-21-37(30)32(39)20-15-24-13-16-26(17-14-24)34(35)36/h2-4,7-8,10-11,13-14,16-19,23H,5-6,9,12,15,20-22H2,1H3,(H3,35,36). The summed E-state index contributed by atoms with van der Waals surface area (Å²) >= 11 is 0. The lowest BCUT2D eigenvalue weighted by atomic mass is 9.99. The summed E-state index contributed by atoms with van der Waals surface area (Å²) in [4.78, 5) is 27.2. The van der Waals surface area contributed by atoms with Crippen molar-refractivity contribution in [2.75, 3.05) is 29.4 Å². The molecule has 3 N–H and O–H groups in total. The number of nitrogens with one attached hydrogen (secondary N) is 1. The van der Waals surface area contributed by atoms with E-state index in [0.29, 0.717) is 42.4 Å². The molecular weight excluding hydrogens is 576 g/mol. The Kier molecular flexibility index (Phi) is 9.29. The Morgan fingerprint density at radius 3 is 2.48 bits per heavy atom. The third-order valence-electron chi connectivity index (χ3n) is 7.95. The molecule has 0 saturated carbocycles. The molecule has 0 radical (unpaired) electrons. The van der Waals surface area contributed by atoms with Crippen LogP contribution in [0, 0.1) is 5.41 Å². The topological polar surface area (TPSA) is 134 Å². The largest absolute Gasteiger partial charge is 0.469 e. The number of aryl methyl sites for hydroxylation is 2. The molecule has 1 aliphatic heterocycles. The van der Waals surface area contributed by atoms with Gasteiger partial charge in [0.05, 0.1) is 17.7 Å². The Bertz CT molecular complexity index is 1800. The Labute approximate surface area is 257 Å². The second kappa shape index (κ2) is 13.3. The summed E-state index contributed by atoms with van der Waals surface area (Å²) in [6.45, 7) is 0.677. The zero-order chi connectivity index (χ0) is 31.3. The normalized spacial score (nSPS) is 12.9. The number of nitrogen functional groups attached to an aromatic ring is 1. The zero-order valence-electron chi connectivity index (χ0n) is 24.7. The van der Waals surface area contributed by atoms with Crippen LogP contribution in [0.15, 0.2) is 89.8 Å². The van der Waals surface area contributed by atoms with Crippen molar-refractivity contribution >= 4 is 49.9 Å². The number of carbonyl (C=O) groups is 2. The minimum absolute atomic E-state index is 0.00358. The average molecular weight is 613 g/mol. The maximum Gasteiger partial charge on any atom is 0.305 e. The number of esters is 1. The molecule has 0 spiro atoms. The first-order valence-electron chi connectivity index (χ1n) is 14.6. The fourth-order valence-corrected chi connectivity index (χ4v) is 7.34. The maximum atomic E-state index is 14.2. The average Bonchev–Trinajstić information content (AvgIpc) is 3.04. The van der Waals surface area contributed by atoms with Gasteiger partial charge in [0.15, 0.2) is 0 Å². The number of hydrogen-bond donors (Lipinski definition) is 2. The van der Waals surface area contributed by atoms with Gasteiger partial charge in [-0.1, -0.05) is 60.7 Å². The minimum atomic E-state index is -4.01. The number of methoxy groups -OCH3 is 1. The lowest BCUT2D eigenvalue weighted by molar-refractivity contribution is -0.140. The Hall–Kier alpha value is -4.70. The smallest absolute Gasteiger partial charge is 0.305 e. The molecule has 1 amide bonds. The third-order valence-corrected chi connectivity index (χ3v) is 9.84. The first-order chi connectivity index (χ1) is 21.2. The number of hydrogen-bond acceptors (Lipinski definition) is 6. The van der Waals surface area contributed by atoms with E-state index in [4.69, 9.17) is 15.9 Å². The molecule has 0 fully saturated rings. The molecule has 0 atom stereocenters. The van der Waals surface area contributed by atoms with E-state index in [2.05, 4.69) is 0 Å². The lowest BCUT2D eigenvalue weighted by Crippen LogP contribution is -2.36. The molecule has 44 heavy (non-hydrogen) atoms. The number of ether oxygens (including phenoxy) is 1. The van der Waals surface area contributed by atoms with Gasteiger partial charge in [0.1, 0.15) is 5.84 Å². The van der Waals surface area contributed by atoms with Crippen LogP contribution in [-0.2, 0) is 37.2 Å². The van der Waals surface area contributed by atoms with Crippen molar-refractivity contribution in [2.45, 2.75) is 43.4 Å². The van der Waals surface area contributed by atoms with Gasteiger partial charge in [-0.15, -0.1) is 0 Å². The fourth-order valence-electron chi connectivity index (χ4n) is 5.63. The molecule has 4 aromatic carbocycles. The van der Waals surface area contributed by atoms with Gasteiger partial charge in [0.25, 0.3) is 10.0 Å². The zero-order valence-corrected chi connectivity index (χ0v) is 25.5. The lowest BCUT2D eigenvalue weighted by Gasteiger charge is -2.32. The maximum absolute atomic E-state index is 14.2. The van der Waals surface area contributed by atoms with Gasteiger partial charge >= 0.3 is 5.97 Å². The molecule has 1 heterocycles. The summed E-state index contributed by atoms with van der Waals surface area (Å²) in [6.07, 6.45) is 2.71. The van der Waals surface area contributed by atoms with Crippen LogP contribution in [0.4, 0.5) is 11.4 Å². The van der Waals surface area contributed by atoms with Gasteiger partial charge in [-0.25, -0.2) is 8.42 Å². The highest BCUT2D eigenvalue weighted by Gasteiger charge is 2.29. The van der Waals surface area contributed by atoms with Crippen LogP contribution < -0.4 is 14.9 Å². The second-order valence-corrected chi connectivity index (χ2v) is 12.6. The predicted octanol–water partition coefficient (Wildman–Crippen LogP) is 5.18. The molecule has 5 rings (SSSR count). The second-order valence-electron chi connectivity index (χ2n) is 10.8. The van der Waals surface area contributed by atoms with Gasteiger partial charge in [0, 0.05) is 42.6 Å². The van der Waals surface area contributed by atoms with E-state index < -0.39 is 16.0 Å². The van der Waals surface area contributed by atoms with Crippen LogP contribution in [0.1, 0.15) is 42.4 Å². The molecule has 0 aromatic heterocycles. The van der Waals surface area contributed by atoms with Gasteiger partial charge < -0.3 is 15.4 Å². The third kappa shape index (κ3) is 6.60. The molecule has 10 heteroatoms. The SMILES string of the molecule is COC(=O)CCCN(c1ccc2c(c1)CCCN2C(=O)CCc1ccc(C(=N)N)cc1)S(=O)(=O)c1cccc2ccccc12. The summed E-state index contributed by atoms with van der Waals surface area (Å²) in [5, 5.41) is 8.99. The monoisotopic (exact) mass is 612 g/mol. The Morgan fingerprint density at radius 1 is 0.977 bits per heavy atom. The van der Waals surface area contributed by atoms with Gasteiger partial charge in [-0.05, 0) is 66.5 Å². The first kappa shape index (κ1) is 30.7. The number of benzene rings is 4. The first-order valence-corrected chi connectivity index (χ1v) is 16.1. The molecule has 0 aliphatic carbocycles. The Balaban J connectivity index is 1.42. The van der Waals surface area contributed by atoms with Gasteiger partial charge in [0.2, 0.25) is 5.91 Å². The number of amidine groups is 1. The molecular formula is C34H36N4O5S. The van der Waals surface area contributed by atoms with E-state index in [1.165, 1.54) is 11.4 Å². The number of fused-ring (bicyclic) bond motifs is 2. The van der Waals surface area contributed by atoms with Crippen molar-refractivity contribution in [2.24, 2.45) is 5.73 Å². The highest BCUT2D eigenvalue weighted by Crippen LogP contribution is 2.35. The number of sulfonamides is 1. The van der Waals surface area contributed by atoms with Crippen molar-refractivity contribution in [3.8, 4) is 0 Å². The minimum Gasteiger partial charge on any atom is -0.469 e. The molecule has 0 unspecified atom stereocenters. The number of nitrogens with two attached hydrogens (primary N) is 1. The van der Waals surface area contributed by atoms with E-state index in [9.17, 15) is 18.0 Å². The molecule has 1 aliphatic rings. The highest BCUT2D eigenvalue weighted by atomic mass is 32.2. The van der Waals surface area contributed by atoms with Crippen molar-refractivity contribution in [3.05, 3.63) is 102 Å². The van der Waals surface area contributed by atoms with Crippen molar-refractivity contribution < 1.29 is 22.7 Å². The molecule has 4 aromatic rings. The van der Waals surface area contributed by atoms with Crippen LogP contribution in [0.25, 0.3) is 10.8 Å². The van der Waals surface area contributed by atoms with Gasteiger partial charge in [-0.2, -0.15) is 0 Å². The van der Waals surface area contributed by atoms with Crippen LogP contribution >= 0.6 is 0 Å². The summed E-state index contributed by atoms with van der Waals surface area (Å²) < 4.78 is 34.6. The van der Waals surface area contributed by atoms with Crippen LogP contribution in [0.3, 0.4) is 0 Å². The van der Waals surface area contributed by atoms with E-state index in [1.807, 2.05) is 48.5 Å². The van der Waals surface area contributed by atoms with Crippen LogP contribution in [-0.4, -0.2) is 46.3 Å². The van der Waals surface area contributed by atoms with E-state index in [0.717, 1.165) is 28.6 Å². The number of nitrogens with zero attached hydrogens (tertiary/aromatic N) is 2. The van der Waals surface area contributed by atoms with Gasteiger partial charge in [-0.3, -0.25) is 19.3 Å². The van der Waals surface area contributed by atoms with Crippen molar-refractivity contribution in [3.63, 3.8) is 0 Å². The van der Waals surface area contributed by atoms with Crippen molar-refractivity contribution in [1.82, 2.24) is 0 Å². The molecule has 228 valence electrons. The highest BCUT2D eigenvalue weighted by molar-refractivity contribution is 7.93. The Morgan fingerprint density at radius 2 is 1.73 bits per heavy atom. The molecule has 0 saturated heterocycles. The number of amides is 1. The predicted molar refractivity (Wildman–Crippen MR) is 173 cm³/mol. The van der Waals surface area contributed by atoms with Crippen molar-refractivity contribution in [1.29, 1.82) is 5.41 Å². The van der Waals surface area contributed by atoms with Crippen LogP contribution in [0.2, 0.25) is 0 Å². The number of carbonyl (C=O) groups excluding carboxylic acids is 2. The van der Waals surface area contributed by atoms with E-state index in [1.54, 1.807) is 41.3 Å². The summed E-state index contributed by atoms with van der Waals surface area (Å²) in [5.74, 6) is -0.404.